The molecule has 1 atom stereocenters. The first-order valence-electron chi connectivity index (χ1n) is 5.83. The summed E-state index contributed by atoms with van der Waals surface area (Å²) in [5, 5.41) is 0. The first kappa shape index (κ1) is 12.3. The van der Waals surface area contributed by atoms with E-state index in [4.69, 9.17) is 5.73 Å². The highest BCUT2D eigenvalue weighted by Crippen LogP contribution is 2.10. The van der Waals surface area contributed by atoms with Gasteiger partial charge >= 0.3 is 0 Å². The molecule has 0 aromatic rings. The molecular weight excluding hydrogens is 188 g/mol. The van der Waals surface area contributed by atoms with E-state index in [-0.39, 0.29) is 6.04 Å². The third-order valence-corrected chi connectivity index (χ3v) is 2.96. The zero-order chi connectivity index (χ0) is 11.4. The Morgan fingerprint density at radius 1 is 1.47 bits per heavy atom. The monoisotopic (exact) mass is 212 g/mol. The summed E-state index contributed by atoms with van der Waals surface area (Å²) in [6.07, 6.45) is 1.17. The number of piperazine rings is 1. The summed E-state index contributed by atoms with van der Waals surface area (Å²) in [4.78, 5) is 9.00. The highest BCUT2D eigenvalue weighted by atomic mass is 15.3. The number of rotatable bonds is 2. The molecule has 1 rings (SSSR count). The van der Waals surface area contributed by atoms with Crippen LogP contribution in [0.2, 0.25) is 0 Å². The van der Waals surface area contributed by atoms with Gasteiger partial charge in [-0.1, -0.05) is 6.92 Å². The van der Waals surface area contributed by atoms with Crippen LogP contribution in [0.1, 0.15) is 27.2 Å². The van der Waals surface area contributed by atoms with Crippen LogP contribution in [0, 0.1) is 0 Å². The number of nitrogens with two attached hydrogens (primary N) is 1. The largest absolute Gasteiger partial charge is 0.370 e. The molecule has 1 fully saturated rings. The van der Waals surface area contributed by atoms with Gasteiger partial charge in [-0.2, -0.15) is 0 Å². The zero-order valence-electron chi connectivity index (χ0n) is 10.4. The molecule has 4 nitrogen and oxygen atoms in total. The van der Waals surface area contributed by atoms with Crippen molar-refractivity contribution < 1.29 is 0 Å². The van der Waals surface area contributed by atoms with E-state index in [1.54, 1.807) is 0 Å². The molecule has 0 spiro atoms. The van der Waals surface area contributed by atoms with Crippen molar-refractivity contribution in [2.24, 2.45) is 10.7 Å². The van der Waals surface area contributed by atoms with Crippen LogP contribution in [-0.4, -0.2) is 54.5 Å². The summed E-state index contributed by atoms with van der Waals surface area (Å²) < 4.78 is 0. The number of hydrogen-bond acceptors (Lipinski definition) is 2. The lowest BCUT2D eigenvalue weighted by atomic mass is 10.1. The summed E-state index contributed by atoms with van der Waals surface area (Å²) in [5.41, 5.74) is 5.97. The number of guanidine groups is 1. The molecule has 0 saturated carbocycles. The quantitative estimate of drug-likeness (QED) is 0.542. The highest BCUT2D eigenvalue weighted by Gasteiger charge is 2.23. The average Bonchev–Trinajstić information content (AvgIpc) is 2.17. The van der Waals surface area contributed by atoms with Gasteiger partial charge in [0, 0.05) is 31.7 Å². The Morgan fingerprint density at radius 2 is 2.13 bits per heavy atom. The van der Waals surface area contributed by atoms with Gasteiger partial charge in [-0.15, -0.1) is 0 Å². The Labute approximate surface area is 93.1 Å². The topological polar surface area (TPSA) is 44.9 Å². The van der Waals surface area contributed by atoms with Gasteiger partial charge in [0.05, 0.1) is 0 Å². The second-order valence-electron chi connectivity index (χ2n) is 4.57. The Balaban J connectivity index is 2.58. The van der Waals surface area contributed by atoms with Crippen LogP contribution >= 0.6 is 0 Å². The standard InChI is InChI=1S/C11H24N4/c1-5-10-8-15(7-6-14(10)4)11(12)13-9(2)3/h9-10H,5-8H2,1-4H3,(H2,12,13). The number of aliphatic imine (C=N–C) groups is 1. The molecule has 1 unspecified atom stereocenters. The molecule has 0 bridgehead atoms. The molecule has 1 saturated heterocycles. The van der Waals surface area contributed by atoms with Crippen LogP contribution in [0.3, 0.4) is 0 Å². The van der Waals surface area contributed by atoms with Crippen molar-refractivity contribution in [2.45, 2.75) is 39.3 Å². The van der Waals surface area contributed by atoms with Crippen LogP contribution < -0.4 is 5.73 Å². The molecular formula is C11H24N4. The van der Waals surface area contributed by atoms with Gasteiger partial charge in [-0.05, 0) is 27.3 Å². The summed E-state index contributed by atoms with van der Waals surface area (Å²) in [7, 11) is 2.18. The van der Waals surface area contributed by atoms with Gasteiger partial charge in [0.2, 0.25) is 0 Å². The van der Waals surface area contributed by atoms with Crippen molar-refractivity contribution in [1.29, 1.82) is 0 Å². The first-order valence-corrected chi connectivity index (χ1v) is 5.83. The predicted molar refractivity (Wildman–Crippen MR) is 65.0 cm³/mol. The van der Waals surface area contributed by atoms with Gasteiger partial charge in [-0.25, -0.2) is 0 Å². The number of likely N-dealkylation sites (N-methyl/N-ethyl adjacent to an activating group) is 1. The maximum absolute atomic E-state index is 5.97. The molecule has 2 N–H and O–H groups in total. The minimum atomic E-state index is 0.282. The van der Waals surface area contributed by atoms with Crippen molar-refractivity contribution in [2.75, 3.05) is 26.7 Å². The third kappa shape index (κ3) is 3.38. The molecule has 1 aliphatic rings. The van der Waals surface area contributed by atoms with Crippen molar-refractivity contribution in [3.8, 4) is 0 Å². The molecule has 1 aliphatic heterocycles. The molecule has 0 radical (unpaired) electrons. The van der Waals surface area contributed by atoms with Gasteiger partial charge < -0.3 is 10.6 Å². The summed E-state index contributed by atoms with van der Waals surface area (Å²) in [6, 6.07) is 0.893. The fourth-order valence-electron chi connectivity index (χ4n) is 1.94. The maximum Gasteiger partial charge on any atom is 0.191 e. The van der Waals surface area contributed by atoms with E-state index in [1.807, 2.05) is 0 Å². The Kier molecular flexibility index (Phi) is 4.39. The molecule has 0 amide bonds. The Morgan fingerprint density at radius 3 is 2.67 bits per heavy atom. The fraction of sp³-hybridized carbons (Fsp3) is 0.909. The summed E-state index contributed by atoms with van der Waals surface area (Å²) in [5.74, 6) is 0.705. The minimum Gasteiger partial charge on any atom is -0.370 e. The predicted octanol–water partition coefficient (Wildman–Crippen LogP) is 0.736. The third-order valence-electron chi connectivity index (χ3n) is 2.96. The van der Waals surface area contributed by atoms with Crippen molar-refractivity contribution >= 4 is 5.96 Å². The molecule has 0 aliphatic carbocycles. The second kappa shape index (κ2) is 5.35. The second-order valence-corrected chi connectivity index (χ2v) is 4.57. The normalized spacial score (nSPS) is 25.0. The van der Waals surface area contributed by atoms with Crippen LogP contribution in [-0.2, 0) is 0 Å². The zero-order valence-corrected chi connectivity index (χ0v) is 10.4. The lowest BCUT2D eigenvalue weighted by Crippen LogP contribution is -2.55. The van der Waals surface area contributed by atoms with Crippen molar-refractivity contribution in [3.05, 3.63) is 0 Å². The fourth-order valence-corrected chi connectivity index (χ4v) is 1.94. The molecule has 15 heavy (non-hydrogen) atoms. The Hall–Kier alpha value is -0.770. The van der Waals surface area contributed by atoms with Crippen molar-refractivity contribution in [3.63, 3.8) is 0 Å². The van der Waals surface area contributed by atoms with E-state index < -0.39 is 0 Å². The van der Waals surface area contributed by atoms with E-state index in [0.29, 0.717) is 12.0 Å². The SMILES string of the molecule is CCC1CN(C(N)=NC(C)C)CCN1C. The van der Waals surface area contributed by atoms with Crippen molar-refractivity contribution in [1.82, 2.24) is 9.80 Å². The van der Waals surface area contributed by atoms with Crippen LogP contribution in [0.5, 0.6) is 0 Å². The van der Waals surface area contributed by atoms with E-state index in [9.17, 15) is 0 Å². The molecule has 0 aromatic carbocycles. The molecule has 1 heterocycles. The maximum atomic E-state index is 5.97. The van der Waals surface area contributed by atoms with Crippen LogP contribution in [0.25, 0.3) is 0 Å². The number of nitrogens with zero attached hydrogens (tertiary/aromatic N) is 3. The molecule has 0 aromatic heterocycles. The lowest BCUT2D eigenvalue weighted by Gasteiger charge is -2.39. The molecule has 88 valence electrons. The Bertz CT molecular complexity index is 225. The van der Waals surface area contributed by atoms with Gasteiger partial charge in [0.1, 0.15) is 0 Å². The lowest BCUT2D eigenvalue weighted by molar-refractivity contribution is 0.136. The van der Waals surface area contributed by atoms with Gasteiger partial charge in [0.15, 0.2) is 5.96 Å². The first-order chi connectivity index (χ1) is 7.04. The van der Waals surface area contributed by atoms with E-state index in [2.05, 4.69) is 42.6 Å². The smallest absolute Gasteiger partial charge is 0.191 e. The van der Waals surface area contributed by atoms with Gasteiger partial charge in [0.25, 0.3) is 0 Å². The van der Waals surface area contributed by atoms with E-state index in [1.165, 1.54) is 6.42 Å². The minimum absolute atomic E-state index is 0.282. The van der Waals surface area contributed by atoms with Crippen LogP contribution in [0.15, 0.2) is 4.99 Å². The van der Waals surface area contributed by atoms with Crippen LogP contribution in [0.4, 0.5) is 0 Å². The van der Waals surface area contributed by atoms with E-state index in [0.717, 1.165) is 19.6 Å². The number of hydrogen-bond donors (Lipinski definition) is 1. The summed E-state index contributed by atoms with van der Waals surface area (Å²) >= 11 is 0. The average molecular weight is 212 g/mol. The van der Waals surface area contributed by atoms with Gasteiger partial charge in [-0.3, -0.25) is 9.89 Å². The summed E-state index contributed by atoms with van der Waals surface area (Å²) in [6.45, 7) is 9.41. The molecule has 4 heteroatoms. The van der Waals surface area contributed by atoms with E-state index >= 15 is 0 Å². The highest BCUT2D eigenvalue weighted by molar-refractivity contribution is 5.78.